The molecule has 28 heavy (non-hydrogen) atoms. The molecule has 0 fully saturated rings. The molecule has 0 aliphatic rings. The Morgan fingerprint density at radius 3 is 2.43 bits per heavy atom. The van der Waals surface area contributed by atoms with E-state index in [9.17, 15) is 14.0 Å². The molecule has 4 aromatic rings. The first kappa shape index (κ1) is 17.7. The highest BCUT2D eigenvalue weighted by molar-refractivity contribution is 5.58. The van der Waals surface area contributed by atoms with E-state index in [0.29, 0.717) is 23.4 Å². The average molecular weight is 376 g/mol. The van der Waals surface area contributed by atoms with Gasteiger partial charge in [-0.15, -0.1) is 0 Å². The van der Waals surface area contributed by atoms with Gasteiger partial charge in [0.05, 0.1) is 11.4 Å². The monoisotopic (exact) mass is 376 g/mol. The van der Waals surface area contributed by atoms with Crippen molar-refractivity contribution in [1.82, 2.24) is 19.7 Å². The fraction of sp³-hybridized carbons (Fsp3) is 0.0952. The van der Waals surface area contributed by atoms with E-state index in [2.05, 4.69) is 15.1 Å². The summed E-state index contributed by atoms with van der Waals surface area (Å²) < 4.78 is 14.3. The van der Waals surface area contributed by atoms with E-state index in [1.54, 1.807) is 19.1 Å². The van der Waals surface area contributed by atoms with Crippen molar-refractivity contribution in [1.29, 1.82) is 0 Å². The number of aromatic nitrogens is 4. The summed E-state index contributed by atoms with van der Waals surface area (Å²) in [5.74, 6) is -0.208. The van der Waals surface area contributed by atoms with Crippen LogP contribution in [0.15, 0.2) is 70.3 Å². The van der Waals surface area contributed by atoms with Crippen LogP contribution in [0.25, 0.3) is 17.2 Å². The summed E-state index contributed by atoms with van der Waals surface area (Å²) >= 11 is 0. The zero-order valence-electron chi connectivity index (χ0n) is 15.1. The first-order valence-corrected chi connectivity index (χ1v) is 8.73. The maximum absolute atomic E-state index is 13.1. The highest BCUT2D eigenvalue weighted by Crippen LogP contribution is 2.15. The van der Waals surface area contributed by atoms with E-state index in [0.717, 1.165) is 11.1 Å². The lowest BCUT2D eigenvalue weighted by Gasteiger charge is -2.08. The van der Waals surface area contributed by atoms with Crippen LogP contribution < -0.4 is 11.1 Å². The molecule has 0 spiro atoms. The summed E-state index contributed by atoms with van der Waals surface area (Å²) in [6.07, 6.45) is 0.323. The van der Waals surface area contributed by atoms with E-state index in [4.69, 9.17) is 0 Å². The number of halogens is 1. The Labute approximate surface area is 159 Å². The van der Waals surface area contributed by atoms with Crippen molar-refractivity contribution in [2.75, 3.05) is 0 Å². The van der Waals surface area contributed by atoms with Crippen molar-refractivity contribution in [3.63, 3.8) is 0 Å². The second-order valence-electron chi connectivity index (χ2n) is 6.47. The number of hydrogen-bond acceptors (Lipinski definition) is 3. The maximum atomic E-state index is 13.1. The molecule has 140 valence electrons. The lowest BCUT2D eigenvalue weighted by Crippen LogP contribution is -2.24. The topological polar surface area (TPSA) is 83.5 Å². The smallest absolute Gasteiger partial charge is 0.274 e. The Kier molecular flexibility index (Phi) is 4.49. The molecule has 0 unspecified atom stereocenters. The van der Waals surface area contributed by atoms with Crippen LogP contribution >= 0.6 is 0 Å². The van der Waals surface area contributed by atoms with Gasteiger partial charge in [0.1, 0.15) is 5.82 Å². The van der Waals surface area contributed by atoms with Gasteiger partial charge in [-0.1, -0.05) is 42.5 Å². The van der Waals surface area contributed by atoms with Crippen molar-refractivity contribution in [3.8, 4) is 17.2 Å². The van der Waals surface area contributed by atoms with Crippen molar-refractivity contribution in [3.05, 3.63) is 104 Å². The zero-order chi connectivity index (χ0) is 19.7. The third kappa shape index (κ3) is 3.42. The molecule has 0 bridgehead atoms. The molecule has 2 N–H and O–H groups in total. The summed E-state index contributed by atoms with van der Waals surface area (Å²) in [6.45, 7) is 1.71. The standard InChI is InChI=1S/C21H17FN4O2/c1-13-17(11-14-7-9-16(22)10-8-14)20(28)24-21(23-13)26-19(27)12-18(25-26)15-5-3-2-4-6-15/h2-10,12,25H,11H2,1H3,(H,23,24,28). The molecule has 0 radical (unpaired) electrons. The Balaban J connectivity index is 1.71. The second-order valence-corrected chi connectivity index (χ2v) is 6.47. The number of H-pyrrole nitrogens is 2. The molecule has 0 aliphatic carbocycles. The number of nitrogens with one attached hydrogen (secondary N) is 2. The van der Waals surface area contributed by atoms with Gasteiger partial charge in [0.25, 0.3) is 11.1 Å². The van der Waals surface area contributed by atoms with Gasteiger partial charge in [-0.25, -0.2) is 9.37 Å². The molecular formula is C21H17FN4O2. The van der Waals surface area contributed by atoms with Gasteiger partial charge in [-0.3, -0.25) is 19.7 Å². The summed E-state index contributed by atoms with van der Waals surface area (Å²) in [5.41, 5.74) is 2.59. The zero-order valence-corrected chi connectivity index (χ0v) is 15.1. The lowest BCUT2D eigenvalue weighted by molar-refractivity contribution is 0.627. The molecule has 6 nitrogen and oxygen atoms in total. The van der Waals surface area contributed by atoms with Crippen LogP contribution in [-0.2, 0) is 6.42 Å². The maximum Gasteiger partial charge on any atom is 0.274 e. The molecule has 0 atom stereocenters. The van der Waals surface area contributed by atoms with Crippen molar-refractivity contribution >= 4 is 0 Å². The normalized spacial score (nSPS) is 10.9. The highest BCUT2D eigenvalue weighted by Gasteiger charge is 2.13. The SMILES string of the molecule is Cc1nc(-n2[nH]c(-c3ccccc3)cc2=O)[nH]c(=O)c1Cc1ccc(F)cc1. The lowest BCUT2D eigenvalue weighted by atomic mass is 10.1. The first-order chi connectivity index (χ1) is 13.5. The van der Waals surface area contributed by atoms with E-state index >= 15 is 0 Å². The first-order valence-electron chi connectivity index (χ1n) is 8.73. The molecule has 2 aromatic carbocycles. The van der Waals surface area contributed by atoms with E-state index < -0.39 is 0 Å². The molecule has 7 heteroatoms. The van der Waals surface area contributed by atoms with Gasteiger partial charge in [-0.2, -0.15) is 4.68 Å². The molecule has 2 heterocycles. The number of nitrogens with zero attached hydrogens (tertiary/aromatic N) is 2. The average Bonchev–Trinajstić information content (AvgIpc) is 3.08. The van der Waals surface area contributed by atoms with Gasteiger partial charge >= 0.3 is 0 Å². The largest absolute Gasteiger partial charge is 0.291 e. The highest BCUT2D eigenvalue weighted by atomic mass is 19.1. The van der Waals surface area contributed by atoms with Crippen molar-refractivity contribution in [2.45, 2.75) is 13.3 Å². The van der Waals surface area contributed by atoms with Gasteiger partial charge < -0.3 is 0 Å². The predicted molar refractivity (Wildman–Crippen MR) is 104 cm³/mol. The van der Waals surface area contributed by atoms with Crippen molar-refractivity contribution in [2.24, 2.45) is 0 Å². The van der Waals surface area contributed by atoms with Crippen LogP contribution in [0.4, 0.5) is 4.39 Å². The quantitative estimate of drug-likeness (QED) is 0.574. The minimum Gasteiger partial charge on any atom is -0.291 e. The van der Waals surface area contributed by atoms with Crippen LogP contribution in [0.1, 0.15) is 16.8 Å². The third-order valence-electron chi connectivity index (χ3n) is 4.52. The Morgan fingerprint density at radius 1 is 1.04 bits per heavy atom. The number of rotatable bonds is 4. The van der Waals surface area contributed by atoms with Crippen LogP contribution in [-0.4, -0.2) is 19.7 Å². The molecule has 0 aliphatic heterocycles. The van der Waals surface area contributed by atoms with Crippen LogP contribution in [0, 0.1) is 12.7 Å². The van der Waals surface area contributed by atoms with Gasteiger partial charge in [0.2, 0.25) is 5.95 Å². The molecule has 2 aromatic heterocycles. The predicted octanol–water partition coefficient (Wildman–Crippen LogP) is 2.95. The van der Waals surface area contributed by atoms with Crippen LogP contribution in [0.5, 0.6) is 0 Å². The van der Waals surface area contributed by atoms with E-state index in [-0.39, 0.29) is 22.9 Å². The van der Waals surface area contributed by atoms with Gasteiger partial charge in [-0.05, 0) is 30.2 Å². The fourth-order valence-electron chi connectivity index (χ4n) is 3.03. The molecule has 4 rings (SSSR count). The van der Waals surface area contributed by atoms with Crippen LogP contribution in [0.2, 0.25) is 0 Å². The summed E-state index contributed by atoms with van der Waals surface area (Å²) in [6, 6.07) is 16.8. The Hall–Kier alpha value is -3.74. The fourth-order valence-corrected chi connectivity index (χ4v) is 3.03. The molecule has 0 amide bonds. The number of aryl methyl sites for hydroxylation is 1. The summed E-state index contributed by atoms with van der Waals surface area (Å²) in [7, 11) is 0. The summed E-state index contributed by atoms with van der Waals surface area (Å²) in [4.78, 5) is 32.0. The minimum absolute atomic E-state index is 0.123. The third-order valence-corrected chi connectivity index (χ3v) is 4.52. The molecule has 0 saturated heterocycles. The number of hydrogen-bond donors (Lipinski definition) is 2. The Bertz CT molecular complexity index is 1240. The van der Waals surface area contributed by atoms with Gasteiger partial charge in [0.15, 0.2) is 0 Å². The van der Waals surface area contributed by atoms with Gasteiger partial charge in [0, 0.05) is 18.1 Å². The Morgan fingerprint density at radius 2 is 1.75 bits per heavy atom. The summed E-state index contributed by atoms with van der Waals surface area (Å²) in [5, 5.41) is 2.97. The minimum atomic E-state index is -0.338. The van der Waals surface area contributed by atoms with Crippen LogP contribution in [0.3, 0.4) is 0 Å². The van der Waals surface area contributed by atoms with E-state index in [1.165, 1.54) is 22.9 Å². The van der Waals surface area contributed by atoms with Crippen molar-refractivity contribution < 1.29 is 4.39 Å². The molecule has 0 saturated carbocycles. The number of benzene rings is 2. The van der Waals surface area contributed by atoms with E-state index in [1.807, 2.05) is 30.3 Å². The molecular weight excluding hydrogens is 359 g/mol. The number of aromatic amines is 2. The second kappa shape index (κ2) is 7.11.